The first-order chi connectivity index (χ1) is 9.24. The second-order valence-corrected chi connectivity index (χ2v) is 6.65. The third-order valence-corrected chi connectivity index (χ3v) is 5.35. The second kappa shape index (κ2) is 4.09. The lowest BCUT2D eigenvalue weighted by atomic mass is 9.93. The van der Waals surface area contributed by atoms with E-state index in [0.717, 1.165) is 37.5 Å². The SMILES string of the molecule is CC1CCc2ccccc2N1C(=O)C1CC2CC2C1. The van der Waals surface area contributed by atoms with Gasteiger partial charge in [0, 0.05) is 17.6 Å². The molecule has 0 spiro atoms. The fourth-order valence-corrected chi connectivity index (χ4v) is 4.14. The molecular formula is C17H21NO. The Morgan fingerprint density at radius 3 is 2.68 bits per heavy atom. The molecule has 0 bridgehead atoms. The third-order valence-electron chi connectivity index (χ3n) is 5.35. The summed E-state index contributed by atoms with van der Waals surface area (Å²) in [5.41, 5.74) is 2.52. The highest BCUT2D eigenvalue weighted by molar-refractivity contribution is 5.97. The summed E-state index contributed by atoms with van der Waals surface area (Å²) >= 11 is 0. The van der Waals surface area contributed by atoms with Crippen LogP contribution in [0.5, 0.6) is 0 Å². The van der Waals surface area contributed by atoms with Crippen molar-refractivity contribution in [3.05, 3.63) is 29.8 Å². The van der Waals surface area contributed by atoms with E-state index in [1.165, 1.54) is 17.7 Å². The predicted molar refractivity (Wildman–Crippen MR) is 76.0 cm³/mol. The second-order valence-electron chi connectivity index (χ2n) is 6.65. The van der Waals surface area contributed by atoms with Crippen molar-refractivity contribution >= 4 is 11.6 Å². The van der Waals surface area contributed by atoms with Crippen molar-refractivity contribution in [3.8, 4) is 0 Å². The molecule has 2 nitrogen and oxygen atoms in total. The number of hydrogen-bond donors (Lipinski definition) is 0. The van der Waals surface area contributed by atoms with Crippen molar-refractivity contribution in [2.45, 2.75) is 45.1 Å². The molecule has 0 aromatic heterocycles. The van der Waals surface area contributed by atoms with Crippen LogP contribution >= 0.6 is 0 Å². The van der Waals surface area contributed by atoms with Gasteiger partial charge in [0.05, 0.1) is 0 Å². The van der Waals surface area contributed by atoms with Crippen molar-refractivity contribution in [3.63, 3.8) is 0 Å². The van der Waals surface area contributed by atoms with Crippen LogP contribution in [-0.2, 0) is 11.2 Å². The van der Waals surface area contributed by atoms with Crippen LogP contribution in [-0.4, -0.2) is 11.9 Å². The van der Waals surface area contributed by atoms with Gasteiger partial charge >= 0.3 is 0 Å². The first kappa shape index (κ1) is 11.5. The number of anilines is 1. The zero-order valence-corrected chi connectivity index (χ0v) is 11.5. The minimum atomic E-state index is 0.303. The van der Waals surface area contributed by atoms with Crippen LogP contribution in [0.15, 0.2) is 24.3 Å². The first-order valence-corrected chi connectivity index (χ1v) is 7.65. The molecule has 1 aromatic rings. The number of para-hydroxylation sites is 1. The number of hydrogen-bond acceptors (Lipinski definition) is 1. The van der Waals surface area contributed by atoms with Gasteiger partial charge in [-0.2, -0.15) is 0 Å². The average Bonchev–Trinajstić information content (AvgIpc) is 3.04. The molecule has 0 saturated heterocycles. The standard InChI is InChI=1S/C17H21NO/c1-11-6-7-12-4-2-3-5-16(12)18(11)17(19)15-9-13-8-14(13)10-15/h2-5,11,13-15H,6-10H2,1H3. The van der Waals surface area contributed by atoms with Gasteiger partial charge < -0.3 is 4.90 Å². The zero-order valence-electron chi connectivity index (χ0n) is 11.5. The molecule has 2 heteroatoms. The number of rotatable bonds is 1. The van der Waals surface area contributed by atoms with Crippen LogP contribution in [0.4, 0.5) is 5.69 Å². The molecule has 3 atom stereocenters. The molecule has 4 rings (SSSR count). The molecule has 3 unspecified atom stereocenters. The molecule has 1 amide bonds. The maximum Gasteiger partial charge on any atom is 0.230 e. The van der Waals surface area contributed by atoms with Crippen LogP contribution in [0.2, 0.25) is 0 Å². The summed E-state index contributed by atoms with van der Waals surface area (Å²) in [6, 6.07) is 8.80. The van der Waals surface area contributed by atoms with Gasteiger partial charge in [0.2, 0.25) is 5.91 Å². The summed E-state index contributed by atoms with van der Waals surface area (Å²) in [6.45, 7) is 2.20. The summed E-state index contributed by atoms with van der Waals surface area (Å²) in [6.07, 6.45) is 5.89. The monoisotopic (exact) mass is 255 g/mol. The molecule has 1 heterocycles. The number of amides is 1. The molecule has 0 N–H and O–H groups in total. The van der Waals surface area contributed by atoms with Crippen LogP contribution < -0.4 is 4.90 Å². The molecule has 2 aliphatic carbocycles. The fourth-order valence-electron chi connectivity index (χ4n) is 4.14. The number of fused-ring (bicyclic) bond motifs is 2. The summed E-state index contributed by atoms with van der Waals surface area (Å²) in [4.78, 5) is 15.0. The van der Waals surface area contributed by atoms with Crippen molar-refractivity contribution < 1.29 is 4.79 Å². The van der Waals surface area contributed by atoms with Crippen LogP contribution in [0.25, 0.3) is 0 Å². The molecule has 3 aliphatic rings. The van der Waals surface area contributed by atoms with E-state index in [4.69, 9.17) is 0 Å². The summed E-state index contributed by atoms with van der Waals surface area (Å²) in [5.74, 6) is 2.46. The Bertz CT molecular complexity index is 514. The number of carbonyl (C=O) groups is 1. The number of carbonyl (C=O) groups excluding carboxylic acids is 1. The minimum Gasteiger partial charge on any atom is -0.309 e. The topological polar surface area (TPSA) is 20.3 Å². The van der Waals surface area contributed by atoms with Crippen LogP contribution in [0, 0.1) is 17.8 Å². The Balaban J connectivity index is 1.64. The summed E-state index contributed by atoms with van der Waals surface area (Å²) in [7, 11) is 0. The van der Waals surface area contributed by atoms with E-state index in [9.17, 15) is 4.79 Å². The normalized spacial score (nSPS) is 35.7. The van der Waals surface area contributed by atoms with Crippen molar-refractivity contribution in [1.82, 2.24) is 0 Å². The largest absolute Gasteiger partial charge is 0.309 e. The molecule has 1 aliphatic heterocycles. The lowest BCUT2D eigenvalue weighted by Gasteiger charge is -2.37. The van der Waals surface area contributed by atoms with Crippen molar-refractivity contribution in [2.75, 3.05) is 4.90 Å². The molecule has 1 aromatic carbocycles. The van der Waals surface area contributed by atoms with E-state index in [2.05, 4.69) is 36.1 Å². The van der Waals surface area contributed by atoms with E-state index in [1.807, 2.05) is 0 Å². The third kappa shape index (κ3) is 1.80. The van der Waals surface area contributed by atoms with Crippen LogP contribution in [0.1, 0.15) is 38.2 Å². The molecule has 2 fully saturated rings. The van der Waals surface area contributed by atoms with Gasteiger partial charge in [-0.1, -0.05) is 18.2 Å². The number of benzene rings is 1. The quantitative estimate of drug-likeness (QED) is 0.753. The van der Waals surface area contributed by atoms with Gasteiger partial charge in [-0.05, 0) is 62.5 Å². The lowest BCUT2D eigenvalue weighted by molar-refractivity contribution is -0.123. The van der Waals surface area contributed by atoms with Crippen molar-refractivity contribution in [1.29, 1.82) is 0 Å². The Morgan fingerprint density at radius 2 is 1.89 bits per heavy atom. The van der Waals surface area contributed by atoms with Gasteiger partial charge in [-0.3, -0.25) is 4.79 Å². The van der Waals surface area contributed by atoms with Gasteiger partial charge in [0.25, 0.3) is 0 Å². The molecule has 19 heavy (non-hydrogen) atoms. The maximum atomic E-state index is 12.9. The molecule has 2 saturated carbocycles. The summed E-state index contributed by atoms with van der Waals surface area (Å²) < 4.78 is 0. The van der Waals surface area contributed by atoms with Crippen LogP contribution in [0.3, 0.4) is 0 Å². The van der Waals surface area contributed by atoms with Gasteiger partial charge in [0.1, 0.15) is 0 Å². The zero-order chi connectivity index (χ0) is 13.0. The van der Waals surface area contributed by atoms with E-state index < -0.39 is 0 Å². The lowest BCUT2D eigenvalue weighted by Crippen LogP contribution is -2.45. The van der Waals surface area contributed by atoms with Gasteiger partial charge in [0.15, 0.2) is 0 Å². The predicted octanol–water partition coefficient (Wildman–Crippen LogP) is 3.40. The van der Waals surface area contributed by atoms with Crippen molar-refractivity contribution in [2.24, 2.45) is 17.8 Å². The highest BCUT2D eigenvalue weighted by atomic mass is 16.2. The summed E-state index contributed by atoms with van der Waals surface area (Å²) in [5, 5.41) is 0. The highest BCUT2D eigenvalue weighted by Crippen LogP contribution is 2.55. The minimum absolute atomic E-state index is 0.303. The van der Waals surface area contributed by atoms with E-state index in [0.29, 0.717) is 17.9 Å². The Kier molecular flexibility index (Phi) is 2.48. The Hall–Kier alpha value is -1.31. The van der Waals surface area contributed by atoms with E-state index in [1.54, 1.807) is 0 Å². The first-order valence-electron chi connectivity index (χ1n) is 7.65. The average molecular weight is 255 g/mol. The van der Waals surface area contributed by atoms with Gasteiger partial charge in [-0.15, -0.1) is 0 Å². The Morgan fingerprint density at radius 1 is 1.16 bits per heavy atom. The molecular weight excluding hydrogens is 234 g/mol. The fraction of sp³-hybridized carbons (Fsp3) is 0.588. The van der Waals surface area contributed by atoms with E-state index in [-0.39, 0.29) is 0 Å². The highest BCUT2D eigenvalue weighted by Gasteiger charge is 2.49. The number of aryl methyl sites for hydroxylation is 1. The number of nitrogens with zero attached hydrogens (tertiary/aromatic N) is 1. The molecule has 100 valence electrons. The smallest absolute Gasteiger partial charge is 0.230 e. The molecule has 0 radical (unpaired) electrons. The van der Waals surface area contributed by atoms with Gasteiger partial charge in [-0.25, -0.2) is 0 Å². The Labute approximate surface area is 114 Å². The van der Waals surface area contributed by atoms with E-state index >= 15 is 0 Å². The maximum absolute atomic E-state index is 12.9.